The number of carbonyl (C=O) groups is 1. The van der Waals surface area contributed by atoms with Gasteiger partial charge in [0.2, 0.25) is 0 Å². The Balaban J connectivity index is 1.73. The first-order valence-electron chi connectivity index (χ1n) is 10.4. The lowest BCUT2D eigenvalue weighted by Gasteiger charge is -2.16. The number of benzene rings is 2. The van der Waals surface area contributed by atoms with Crippen molar-refractivity contribution >= 4 is 12.0 Å². The number of nitrogens with one attached hydrogen (secondary N) is 1. The van der Waals surface area contributed by atoms with Gasteiger partial charge in [-0.25, -0.2) is 4.79 Å². The quantitative estimate of drug-likeness (QED) is 0.260. The van der Waals surface area contributed by atoms with Gasteiger partial charge in [0, 0.05) is 19.2 Å². The second kappa shape index (κ2) is 14.0. The maximum absolute atomic E-state index is 11.4. The van der Waals surface area contributed by atoms with Crippen LogP contribution in [0, 0.1) is 0 Å². The minimum Gasteiger partial charge on any atom is -0.493 e. The summed E-state index contributed by atoms with van der Waals surface area (Å²) in [7, 11) is 3.13. The fraction of sp³-hybridized carbons (Fsp3) is 0.375. The predicted molar refractivity (Wildman–Crippen MR) is 122 cm³/mol. The summed E-state index contributed by atoms with van der Waals surface area (Å²) in [6.45, 7) is 3.50. The molecule has 0 bridgehead atoms. The molecule has 0 fully saturated rings. The summed E-state index contributed by atoms with van der Waals surface area (Å²) in [5.74, 6) is 1.95. The summed E-state index contributed by atoms with van der Waals surface area (Å²) in [6.07, 6.45) is 2.27. The number of para-hydroxylation sites is 2. The van der Waals surface area contributed by atoms with Crippen LogP contribution in [0.2, 0.25) is 0 Å². The number of rotatable bonds is 14. The molecule has 8 heteroatoms. The van der Waals surface area contributed by atoms with E-state index in [-0.39, 0.29) is 6.61 Å². The molecule has 1 unspecified atom stereocenters. The number of methoxy groups -OCH3 is 2. The van der Waals surface area contributed by atoms with E-state index in [2.05, 4.69) is 5.32 Å². The van der Waals surface area contributed by atoms with Crippen LogP contribution in [0.15, 0.2) is 48.5 Å². The number of aliphatic hydroxyl groups excluding tert-OH is 1. The average Bonchev–Trinajstić information content (AvgIpc) is 2.81. The Labute approximate surface area is 188 Å². The summed E-state index contributed by atoms with van der Waals surface area (Å²) in [5, 5.41) is 13.3. The first-order valence-corrected chi connectivity index (χ1v) is 10.4. The van der Waals surface area contributed by atoms with Crippen LogP contribution in [-0.4, -0.2) is 64.3 Å². The lowest BCUT2D eigenvalue weighted by molar-refractivity contribution is -0.137. The van der Waals surface area contributed by atoms with Crippen molar-refractivity contribution in [1.82, 2.24) is 5.32 Å². The van der Waals surface area contributed by atoms with Crippen molar-refractivity contribution in [2.75, 3.05) is 47.1 Å². The van der Waals surface area contributed by atoms with E-state index in [1.807, 2.05) is 24.3 Å². The Morgan fingerprint density at radius 1 is 1.03 bits per heavy atom. The minimum atomic E-state index is -0.714. The molecular formula is C24H31NO7. The van der Waals surface area contributed by atoms with E-state index >= 15 is 0 Å². The van der Waals surface area contributed by atoms with Gasteiger partial charge in [-0.2, -0.15) is 0 Å². The second-order valence-electron chi connectivity index (χ2n) is 6.66. The molecular weight excluding hydrogens is 414 g/mol. The predicted octanol–water partition coefficient (Wildman–Crippen LogP) is 2.69. The number of esters is 1. The topological polar surface area (TPSA) is 95.5 Å². The Hall–Kier alpha value is -3.23. The molecule has 0 spiro atoms. The minimum absolute atomic E-state index is 0.0920. The van der Waals surface area contributed by atoms with Crippen molar-refractivity contribution < 1.29 is 33.6 Å². The average molecular weight is 446 g/mol. The molecule has 174 valence electrons. The van der Waals surface area contributed by atoms with Gasteiger partial charge >= 0.3 is 5.97 Å². The number of carbonyl (C=O) groups excluding carboxylic acids is 1. The monoisotopic (exact) mass is 445 g/mol. The van der Waals surface area contributed by atoms with E-state index in [1.54, 1.807) is 38.3 Å². The highest BCUT2D eigenvalue weighted by atomic mass is 16.5. The molecule has 0 aliphatic rings. The van der Waals surface area contributed by atoms with Crippen molar-refractivity contribution in [3.8, 4) is 23.0 Å². The molecule has 0 radical (unpaired) electrons. The van der Waals surface area contributed by atoms with Crippen molar-refractivity contribution in [1.29, 1.82) is 0 Å². The summed E-state index contributed by atoms with van der Waals surface area (Å²) in [5.41, 5.74) is 0.763. The van der Waals surface area contributed by atoms with E-state index in [0.29, 0.717) is 49.3 Å². The molecule has 2 aromatic rings. The van der Waals surface area contributed by atoms with Gasteiger partial charge in [0.25, 0.3) is 0 Å². The first kappa shape index (κ1) is 25.0. The lowest BCUT2D eigenvalue weighted by atomic mass is 10.2. The molecule has 2 rings (SSSR count). The van der Waals surface area contributed by atoms with Gasteiger partial charge in [0.15, 0.2) is 23.0 Å². The molecule has 0 aromatic heterocycles. The molecule has 0 heterocycles. The van der Waals surface area contributed by atoms with E-state index in [1.165, 1.54) is 13.2 Å². The van der Waals surface area contributed by atoms with Crippen LogP contribution in [0.3, 0.4) is 0 Å². The van der Waals surface area contributed by atoms with Crippen molar-refractivity contribution in [3.05, 3.63) is 54.1 Å². The number of hydrogen-bond acceptors (Lipinski definition) is 8. The highest BCUT2D eigenvalue weighted by molar-refractivity contribution is 5.87. The molecule has 0 amide bonds. The zero-order chi connectivity index (χ0) is 23.2. The van der Waals surface area contributed by atoms with Crippen molar-refractivity contribution in [2.24, 2.45) is 0 Å². The van der Waals surface area contributed by atoms with E-state index in [0.717, 1.165) is 5.56 Å². The number of ether oxygens (including phenoxy) is 5. The Morgan fingerprint density at radius 3 is 2.47 bits per heavy atom. The van der Waals surface area contributed by atoms with Crippen LogP contribution in [0.25, 0.3) is 6.08 Å². The fourth-order valence-electron chi connectivity index (χ4n) is 2.75. The van der Waals surface area contributed by atoms with Gasteiger partial charge in [-0.1, -0.05) is 18.2 Å². The van der Waals surface area contributed by atoms with E-state index in [9.17, 15) is 9.90 Å². The van der Waals surface area contributed by atoms with Crippen LogP contribution in [0.1, 0.15) is 12.5 Å². The Bertz CT molecular complexity index is 869. The molecule has 0 saturated heterocycles. The summed E-state index contributed by atoms with van der Waals surface area (Å²) in [6, 6.07) is 12.7. The smallest absolute Gasteiger partial charge is 0.330 e. The van der Waals surface area contributed by atoms with Gasteiger partial charge in [-0.15, -0.1) is 0 Å². The maximum atomic E-state index is 11.4. The van der Waals surface area contributed by atoms with Gasteiger partial charge in [0.05, 0.1) is 20.8 Å². The summed E-state index contributed by atoms with van der Waals surface area (Å²) in [4.78, 5) is 11.4. The SMILES string of the molecule is CCOC(=O)/C=C/c1ccc(OCC(O)CNCCOc2ccccc2OC)c(OC)c1. The van der Waals surface area contributed by atoms with Gasteiger partial charge < -0.3 is 34.1 Å². The molecule has 8 nitrogen and oxygen atoms in total. The van der Waals surface area contributed by atoms with E-state index < -0.39 is 12.1 Å². The summed E-state index contributed by atoms with van der Waals surface area (Å²) >= 11 is 0. The van der Waals surface area contributed by atoms with Crippen LogP contribution < -0.4 is 24.3 Å². The highest BCUT2D eigenvalue weighted by Crippen LogP contribution is 2.29. The molecule has 32 heavy (non-hydrogen) atoms. The Morgan fingerprint density at radius 2 is 1.75 bits per heavy atom. The van der Waals surface area contributed by atoms with Crippen LogP contribution in [-0.2, 0) is 9.53 Å². The third-order valence-corrected chi connectivity index (χ3v) is 4.30. The van der Waals surface area contributed by atoms with Crippen molar-refractivity contribution in [3.63, 3.8) is 0 Å². The van der Waals surface area contributed by atoms with Crippen LogP contribution in [0.4, 0.5) is 0 Å². The highest BCUT2D eigenvalue weighted by Gasteiger charge is 2.10. The number of aliphatic hydroxyl groups is 1. The first-order chi connectivity index (χ1) is 15.6. The normalized spacial score (nSPS) is 11.8. The number of hydrogen-bond donors (Lipinski definition) is 2. The van der Waals surface area contributed by atoms with Gasteiger partial charge in [-0.3, -0.25) is 0 Å². The largest absolute Gasteiger partial charge is 0.493 e. The molecule has 0 aliphatic carbocycles. The third-order valence-electron chi connectivity index (χ3n) is 4.30. The Kier molecular flexibility index (Phi) is 10.9. The second-order valence-corrected chi connectivity index (χ2v) is 6.66. The molecule has 1 atom stereocenters. The maximum Gasteiger partial charge on any atom is 0.330 e. The summed E-state index contributed by atoms with van der Waals surface area (Å²) < 4.78 is 26.8. The van der Waals surface area contributed by atoms with Crippen LogP contribution in [0.5, 0.6) is 23.0 Å². The fourth-order valence-corrected chi connectivity index (χ4v) is 2.75. The lowest BCUT2D eigenvalue weighted by Crippen LogP contribution is -2.33. The van der Waals surface area contributed by atoms with E-state index in [4.69, 9.17) is 23.7 Å². The van der Waals surface area contributed by atoms with Gasteiger partial charge in [-0.05, 0) is 42.8 Å². The molecule has 2 aromatic carbocycles. The zero-order valence-electron chi connectivity index (χ0n) is 18.7. The van der Waals surface area contributed by atoms with Gasteiger partial charge in [0.1, 0.15) is 19.3 Å². The molecule has 2 N–H and O–H groups in total. The zero-order valence-corrected chi connectivity index (χ0v) is 18.7. The standard InChI is InChI=1S/C24H31NO7/c1-4-30-24(27)12-10-18-9-11-22(23(15-18)29-3)32-17-19(26)16-25-13-14-31-21-8-6-5-7-20(21)28-2/h5-12,15,19,25-26H,4,13-14,16-17H2,1-3H3/b12-10+. The van der Waals surface area contributed by atoms with Crippen molar-refractivity contribution in [2.45, 2.75) is 13.0 Å². The molecule has 0 aliphatic heterocycles. The molecule has 0 saturated carbocycles. The third kappa shape index (κ3) is 8.49. The van der Waals surface area contributed by atoms with Crippen LogP contribution >= 0.6 is 0 Å².